The highest BCUT2D eigenvalue weighted by Gasteiger charge is 2.27. The van der Waals surface area contributed by atoms with E-state index in [-0.39, 0.29) is 11.8 Å². The van der Waals surface area contributed by atoms with Crippen LogP contribution < -0.4 is 0 Å². The summed E-state index contributed by atoms with van der Waals surface area (Å²) in [5.74, 6) is -0.757. The van der Waals surface area contributed by atoms with E-state index in [1.165, 1.54) is 4.88 Å². The van der Waals surface area contributed by atoms with Gasteiger partial charge in [0, 0.05) is 19.6 Å². The third-order valence-electron chi connectivity index (χ3n) is 2.02. The van der Waals surface area contributed by atoms with Crippen molar-refractivity contribution in [2.24, 2.45) is 0 Å². The fourth-order valence-corrected chi connectivity index (χ4v) is 3.68. The maximum Gasteiger partial charge on any atom is 0.304 e. The summed E-state index contributed by atoms with van der Waals surface area (Å²) in [7, 11) is 0. The summed E-state index contributed by atoms with van der Waals surface area (Å²) in [6, 6.07) is 2.03. The molecule has 0 bridgehead atoms. The van der Waals surface area contributed by atoms with Crippen LogP contribution in [0.15, 0.2) is 10.5 Å². The summed E-state index contributed by atoms with van der Waals surface area (Å²) in [4.78, 5) is 13.0. The van der Waals surface area contributed by atoms with Gasteiger partial charge in [-0.25, -0.2) is 0 Å². The molecule has 14 heavy (non-hydrogen) atoms. The Hall–Kier alpha value is -0.350. The topological polar surface area (TPSA) is 37.3 Å². The van der Waals surface area contributed by atoms with Crippen molar-refractivity contribution in [3.05, 3.63) is 20.3 Å². The molecule has 0 radical (unpaired) electrons. The predicted octanol–water partition coefficient (Wildman–Crippen LogP) is 3.57. The van der Waals surface area contributed by atoms with E-state index in [1.807, 2.05) is 26.8 Å². The van der Waals surface area contributed by atoms with Crippen LogP contribution in [0.3, 0.4) is 0 Å². The van der Waals surface area contributed by atoms with Gasteiger partial charge in [-0.15, -0.1) is 11.3 Å². The number of thiophene rings is 1. The second-order valence-electron chi connectivity index (χ2n) is 3.99. The van der Waals surface area contributed by atoms with Crippen molar-refractivity contribution in [2.75, 3.05) is 0 Å². The van der Waals surface area contributed by atoms with E-state index in [0.29, 0.717) is 0 Å². The number of carboxylic acids is 1. The molecule has 0 aromatic carbocycles. The highest BCUT2D eigenvalue weighted by Crippen LogP contribution is 2.38. The van der Waals surface area contributed by atoms with Crippen molar-refractivity contribution in [1.29, 1.82) is 0 Å². The van der Waals surface area contributed by atoms with Crippen LogP contribution in [0.4, 0.5) is 0 Å². The average molecular weight is 277 g/mol. The van der Waals surface area contributed by atoms with Crippen LogP contribution in [-0.2, 0) is 10.2 Å². The minimum Gasteiger partial charge on any atom is -0.481 e. The van der Waals surface area contributed by atoms with E-state index in [4.69, 9.17) is 5.11 Å². The number of aliphatic carboxylic acids is 1. The molecule has 0 saturated carbocycles. The first-order valence-electron chi connectivity index (χ1n) is 4.31. The fraction of sp³-hybridized carbons (Fsp3) is 0.500. The molecule has 0 fully saturated rings. The van der Waals surface area contributed by atoms with E-state index in [2.05, 4.69) is 15.9 Å². The Labute approximate surface area is 96.1 Å². The van der Waals surface area contributed by atoms with E-state index in [0.717, 1.165) is 9.35 Å². The zero-order valence-corrected chi connectivity index (χ0v) is 10.8. The molecule has 4 heteroatoms. The van der Waals surface area contributed by atoms with E-state index in [1.54, 1.807) is 11.3 Å². The predicted molar refractivity (Wildman–Crippen MR) is 62.0 cm³/mol. The van der Waals surface area contributed by atoms with Gasteiger partial charge in [0.2, 0.25) is 0 Å². The Balaban J connectivity index is 3.02. The van der Waals surface area contributed by atoms with Crippen LogP contribution in [-0.4, -0.2) is 11.1 Å². The first-order valence-corrected chi connectivity index (χ1v) is 5.92. The molecule has 1 rings (SSSR count). The molecule has 78 valence electrons. The minimum atomic E-state index is -0.757. The van der Waals surface area contributed by atoms with Gasteiger partial charge in [-0.05, 0) is 28.9 Å². The number of hydrogen-bond donors (Lipinski definition) is 1. The second-order valence-corrected chi connectivity index (χ2v) is 6.10. The van der Waals surface area contributed by atoms with Gasteiger partial charge in [0.15, 0.2) is 0 Å². The maximum absolute atomic E-state index is 10.7. The fourth-order valence-electron chi connectivity index (χ4n) is 1.40. The summed E-state index contributed by atoms with van der Waals surface area (Å²) in [5.41, 5.74) is -0.302. The Kier molecular flexibility index (Phi) is 3.37. The standard InChI is InChI=1S/C10H13BrO2S/c1-6-4-7(11)9(14-6)10(2,3)5-8(12)13/h4H,5H2,1-3H3,(H,12,13). The second kappa shape index (κ2) is 4.03. The van der Waals surface area contributed by atoms with Gasteiger partial charge < -0.3 is 5.11 Å². The lowest BCUT2D eigenvalue weighted by atomic mass is 9.88. The lowest BCUT2D eigenvalue weighted by molar-refractivity contribution is -0.138. The molecule has 2 nitrogen and oxygen atoms in total. The van der Waals surface area contributed by atoms with Crippen LogP contribution in [0.2, 0.25) is 0 Å². The van der Waals surface area contributed by atoms with Crippen molar-refractivity contribution in [2.45, 2.75) is 32.6 Å². The molecule has 0 unspecified atom stereocenters. The van der Waals surface area contributed by atoms with Crippen molar-refractivity contribution in [3.8, 4) is 0 Å². The van der Waals surface area contributed by atoms with Crippen LogP contribution in [0.5, 0.6) is 0 Å². The zero-order chi connectivity index (χ0) is 10.9. The number of carbonyl (C=O) groups is 1. The Morgan fingerprint density at radius 1 is 1.64 bits per heavy atom. The SMILES string of the molecule is Cc1cc(Br)c(C(C)(C)CC(=O)O)s1. The molecule has 0 saturated heterocycles. The van der Waals surface area contributed by atoms with Gasteiger partial charge >= 0.3 is 5.97 Å². The third kappa shape index (κ3) is 2.58. The summed E-state index contributed by atoms with van der Waals surface area (Å²) in [6.45, 7) is 5.93. The third-order valence-corrected chi connectivity index (χ3v) is 4.32. The lowest BCUT2D eigenvalue weighted by Gasteiger charge is -2.21. The first-order chi connectivity index (χ1) is 6.33. The molecule has 1 aromatic rings. The first kappa shape index (κ1) is 11.7. The van der Waals surface area contributed by atoms with E-state index >= 15 is 0 Å². The molecular weight excluding hydrogens is 264 g/mol. The van der Waals surface area contributed by atoms with Gasteiger partial charge in [-0.3, -0.25) is 4.79 Å². The van der Waals surface area contributed by atoms with Crippen LogP contribution in [0, 0.1) is 6.92 Å². The van der Waals surface area contributed by atoms with E-state index in [9.17, 15) is 4.79 Å². The summed E-state index contributed by atoms with van der Waals surface area (Å²) >= 11 is 5.11. The van der Waals surface area contributed by atoms with Crippen molar-refractivity contribution in [1.82, 2.24) is 0 Å². The number of aryl methyl sites for hydroxylation is 1. The molecule has 0 aliphatic rings. The van der Waals surface area contributed by atoms with Crippen molar-refractivity contribution < 1.29 is 9.90 Å². The van der Waals surface area contributed by atoms with Gasteiger partial charge in [0.25, 0.3) is 0 Å². The number of hydrogen-bond acceptors (Lipinski definition) is 2. The molecule has 0 atom stereocenters. The number of halogens is 1. The van der Waals surface area contributed by atoms with Crippen LogP contribution >= 0.6 is 27.3 Å². The molecule has 1 aromatic heterocycles. The Morgan fingerprint density at radius 3 is 2.57 bits per heavy atom. The van der Waals surface area contributed by atoms with Gasteiger partial charge in [-0.1, -0.05) is 13.8 Å². The van der Waals surface area contributed by atoms with Gasteiger partial charge in [0.05, 0.1) is 6.42 Å². The van der Waals surface area contributed by atoms with Gasteiger partial charge in [-0.2, -0.15) is 0 Å². The van der Waals surface area contributed by atoms with Crippen molar-refractivity contribution >= 4 is 33.2 Å². The lowest BCUT2D eigenvalue weighted by Crippen LogP contribution is -2.20. The largest absolute Gasteiger partial charge is 0.481 e. The quantitative estimate of drug-likeness (QED) is 0.917. The minimum absolute atomic E-state index is 0.158. The Bertz CT molecular complexity index is 355. The summed E-state index contributed by atoms with van der Waals surface area (Å²) < 4.78 is 1.02. The normalized spacial score (nSPS) is 11.7. The van der Waals surface area contributed by atoms with Crippen molar-refractivity contribution in [3.63, 3.8) is 0 Å². The van der Waals surface area contributed by atoms with Gasteiger partial charge in [0.1, 0.15) is 0 Å². The molecule has 0 spiro atoms. The van der Waals surface area contributed by atoms with E-state index < -0.39 is 5.97 Å². The summed E-state index contributed by atoms with van der Waals surface area (Å²) in [6.07, 6.45) is 0.158. The molecule has 1 N–H and O–H groups in total. The zero-order valence-electron chi connectivity index (χ0n) is 8.43. The van der Waals surface area contributed by atoms with Crippen LogP contribution in [0.25, 0.3) is 0 Å². The number of rotatable bonds is 3. The molecular formula is C10H13BrO2S. The maximum atomic E-state index is 10.7. The molecule has 0 aliphatic heterocycles. The summed E-state index contributed by atoms with van der Waals surface area (Å²) in [5, 5.41) is 8.80. The molecule has 1 heterocycles. The highest BCUT2D eigenvalue weighted by atomic mass is 79.9. The Morgan fingerprint density at radius 2 is 2.21 bits per heavy atom. The smallest absolute Gasteiger partial charge is 0.304 e. The highest BCUT2D eigenvalue weighted by molar-refractivity contribution is 9.10. The molecule has 0 amide bonds. The average Bonchev–Trinajstić information content (AvgIpc) is 2.27. The number of carboxylic acid groups (broad SMARTS) is 1. The monoisotopic (exact) mass is 276 g/mol. The molecule has 0 aliphatic carbocycles. The van der Waals surface area contributed by atoms with Crippen LogP contribution in [0.1, 0.15) is 30.0 Å².